The molecule has 1 aromatic heterocycles. The van der Waals surface area contributed by atoms with E-state index < -0.39 is 0 Å². The quantitative estimate of drug-likeness (QED) is 0.809. The molecule has 0 bridgehead atoms. The van der Waals surface area contributed by atoms with Crippen LogP contribution in [0.15, 0.2) is 0 Å². The fraction of sp³-hybridized carbons (Fsp3) is 0.786. The smallest absolute Gasteiger partial charge is 0.150 e. The van der Waals surface area contributed by atoms with Gasteiger partial charge in [-0.25, -0.2) is 0 Å². The maximum atomic E-state index is 6.30. The number of rotatable bonds is 7. The predicted molar refractivity (Wildman–Crippen MR) is 76.9 cm³/mol. The number of nitrogens with two attached hydrogens (primary N) is 1. The van der Waals surface area contributed by atoms with E-state index in [1.165, 1.54) is 25.7 Å². The first kappa shape index (κ1) is 13.2. The maximum Gasteiger partial charge on any atom is 0.150 e. The third-order valence-corrected chi connectivity index (χ3v) is 3.63. The van der Waals surface area contributed by atoms with Gasteiger partial charge in [0.1, 0.15) is 0 Å². The van der Waals surface area contributed by atoms with Gasteiger partial charge in [0.25, 0.3) is 0 Å². The Morgan fingerprint density at radius 3 is 2.61 bits per heavy atom. The van der Waals surface area contributed by atoms with Crippen LogP contribution < -0.4 is 10.6 Å². The molecule has 2 N–H and O–H groups in total. The van der Waals surface area contributed by atoms with Crippen LogP contribution in [0.25, 0.3) is 0 Å². The zero-order valence-corrected chi connectivity index (χ0v) is 11.9. The van der Waals surface area contributed by atoms with Crippen molar-refractivity contribution < 1.29 is 0 Å². The first-order chi connectivity index (χ1) is 8.69. The number of anilines is 2. The van der Waals surface area contributed by atoms with Gasteiger partial charge in [0.15, 0.2) is 5.82 Å². The molecule has 0 spiro atoms. The third-order valence-electron chi connectivity index (χ3n) is 3.63. The largest absolute Gasteiger partial charge is 0.394 e. The highest BCUT2D eigenvalue weighted by molar-refractivity contribution is 5.67. The van der Waals surface area contributed by atoms with E-state index in [1.807, 2.05) is 11.7 Å². The number of aromatic nitrogens is 2. The van der Waals surface area contributed by atoms with Gasteiger partial charge in [-0.05, 0) is 25.7 Å². The summed E-state index contributed by atoms with van der Waals surface area (Å²) >= 11 is 0. The summed E-state index contributed by atoms with van der Waals surface area (Å²) in [5, 5.41) is 4.59. The summed E-state index contributed by atoms with van der Waals surface area (Å²) in [5.41, 5.74) is 8.28. The summed E-state index contributed by atoms with van der Waals surface area (Å²) < 4.78 is 1.98. The summed E-state index contributed by atoms with van der Waals surface area (Å²) in [5.74, 6) is 1.15. The molecular weight excluding hydrogens is 224 g/mol. The molecule has 1 heterocycles. The Bertz CT molecular complexity index is 393. The van der Waals surface area contributed by atoms with Crippen molar-refractivity contribution in [1.82, 2.24) is 9.78 Å². The van der Waals surface area contributed by atoms with Gasteiger partial charge in [-0.2, -0.15) is 5.10 Å². The number of hydrogen-bond acceptors (Lipinski definition) is 3. The zero-order valence-electron chi connectivity index (χ0n) is 11.9. The van der Waals surface area contributed by atoms with Crippen molar-refractivity contribution in [2.45, 2.75) is 58.4 Å². The molecule has 102 valence electrons. The molecule has 1 aliphatic carbocycles. The second-order valence-corrected chi connectivity index (χ2v) is 5.34. The highest BCUT2D eigenvalue weighted by Gasteiger charge is 2.32. The molecule has 0 unspecified atom stereocenters. The first-order valence-electron chi connectivity index (χ1n) is 7.27. The van der Waals surface area contributed by atoms with Crippen LogP contribution in [0.1, 0.15) is 51.6 Å². The molecule has 2 rings (SSSR count). The van der Waals surface area contributed by atoms with Crippen molar-refractivity contribution in [1.29, 1.82) is 0 Å². The second-order valence-electron chi connectivity index (χ2n) is 5.34. The number of aryl methyl sites for hydroxylation is 2. The van der Waals surface area contributed by atoms with Crippen molar-refractivity contribution >= 4 is 11.5 Å². The minimum atomic E-state index is 0.698. The van der Waals surface area contributed by atoms with Crippen LogP contribution in [0.4, 0.5) is 11.5 Å². The van der Waals surface area contributed by atoms with Gasteiger partial charge in [-0.3, -0.25) is 4.68 Å². The second kappa shape index (κ2) is 5.63. The normalized spacial score (nSPS) is 15.1. The van der Waals surface area contributed by atoms with Crippen molar-refractivity contribution in [3.63, 3.8) is 0 Å². The number of nitrogen functional groups attached to an aromatic ring is 1. The SMILES string of the molecule is CCCCN(c1c(N)c(CCC)nn1C)C1CC1. The summed E-state index contributed by atoms with van der Waals surface area (Å²) in [7, 11) is 2.02. The van der Waals surface area contributed by atoms with Gasteiger partial charge < -0.3 is 10.6 Å². The lowest BCUT2D eigenvalue weighted by molar-refractivity contribution is 0.660. The molecular formula is C14H26N4. The molecule has 1 aromatic rings. The lowest BCUT2D eigenvalue weighted by atomic mass is 10.2. The van der Waals surface area contributed by atoms with Crippen molar-refractivity contribution in [2.75, 3.05) is 17.2 Å². The first-order valence-corrected chi connectivity index (χ1v) is 7.27. The van der Waals surface area contributed by atoms with Crippen molar-refractivity contribution in [2.24, 2.45) is 7.05 Å². The molecule has 0 saturated heterocycles. The maximum absolute atomic E-state index is 6.30. The van der Waals surface area contributed by atoms with Crippen LogP contribution in [0.5, 0.6) is 0 Å². The van der Waals surface area contributed by atoms with Crippen LogP contribution in [0.3, 0.4) is 0 Å². The molecule has 18 heavy (non-hydrogen) atoms. The van der Waals surface area contributed by atoms with Gasteiger partial charge >= 0.3 is 0 Å². The standard InChI is InChI=1S/C14H26N4/c1-4-6-10-18(11-8-9-11)14-13(15)12(7-5-2)16-17(14)3/h11H,4-10,15H2,1-3H3. The van der Waals surface area contributed by atoms with E-state index in [9.17, 15) is 0 Å². The van der Waals surface area contributed by atoms with E-state index in [0.29, 0.717) is 6.04 Å². The lowest BCUT2D eigenvalue weighted by Crippen LogP contribution is -2.29. The fourth-order valence-corrected chi connectivity index (χ4v) is 2.52. The molecule has 0 aliphatic heterocycles. The van der Waals surface area contributed by atoms with Crippen molar-refractivity contribution in [3.05, 3.63) is 5.69 Å². The topological polar surface area (TPSA) is 47.1 Å². The minimum absolute atomic E-state index is 0.698. The average Bonchev–Trinajstić information content (AvgIpc) is 3.13. The summed E-state index contributed by atoms with van der Waals surface area (Å²) in [6.45, 7) is 5.51. The van der Waals surface area contributed by atoms with Crippen LogP contribution >= 0.6 is 0 Å². The van der Waals surface area contributed by atoms with E-state index in [4.69, 9.17) is 5.73 Å². The Labute approximate surface area is 110 Å². The molecule has 4 nitrogen and oxygen atoms in total. The Kier molecular flexibility index (Phi) is 4.15. The van der Waals surface area contributed by atoms with E-state index >= 15 is 0 Å². The Hall–Kier alpha value is -1.19. The van der Waals surface area contributed by atoms with E-state index in [1.54, 1.807) is 0 Å². The molecule has 1 aliphatic rings. The van der Waals surface area contributed by atoms with Crippen LogP contribution in [0.2, 0.25) is 0 Å². The summed E-state index contributed by atoms with van der Waals surface area (Å²) in [6, 6.07) is 0.698. The molecule has 0 radical (unpaired) electrons. The molecule has 1 saturated carbocycles. The monoisotopic (exact) mass is 250 g/mol. The summed E-state index contributed by atoms with van der Waals surface area (Å²) in [4.78, 5) is 2.48. The molecule has 0 atom stereocenters. The third kappa shape index (κ3) is 2.62. The van der Waals surface area contributed by atoms with Gasteiger partial charge in [0.2, 0.25) is 0 Å². The van der Waals surface area contributed by atoms with Crippen molar-refractivity contribution in [3.8, 4) is 0 Å². The Morgan fingerprint density at radius 1 is 1.33 bits per heavy atom. The number of nitrogens with zero attached hydrogens (tertiary/aromatic N) is 3. The Balaban J connectivity index is 2.23. The van der Waals surface area contributed by atoms with Gasteiger partial charge in [0, 0.05) is 19.6 Å². The van der Waals surface area contributed by atoms with Crippen LogP contribution in [-0.2, 0) is 13.5 Å². The predicted octanol–water partition coefficient (Wildman–Crippen LogP) is 2.72. The Morgan fingerprint density at radius 2 is 2.06 bits per heavy atom. The van der Waals surface area contributed by atoms with Gasteiger partial charge in [0.05, 0.1) is 11.4 Å². The number of unbranched alkanes of at least 4 members (excludes halogenated alkanes) is 1. The average molecular weight is 250 g/mol. The minimum Gasteiger partial charge on any atom is -0.394 e. The van der Waals surface area contributed by atoms with Gasteiger partial charge in [-0.1, -0.05) is 26.7 Å². The highest BCUT2D eigenvalue weighted by atomic mass is 15.4. The highest BCUT2D eigenvalue weighted by Crippen LogP contribution is 2.36. The molecule has 0 aromatic carbocycles. The molecule has 1 fully saturated rings. The summed E-state index contributed by atoms with van der Waals surface area (Å²) in [6.07, 6.45) is 7.13. The van der Waals surface area contributed by atoms with E-state index in [0.717, 1.165) is 36.6 Å². The van der Waals surface area contributed by atoms with Crippen LogP contribution in [-0.4, -0.2) is 22.4 Å². The van der Waals surface area contributed by atoms with Gasteiger partial charge in [-0.15, -0.1) is 0 Å². The molecule has 4 heteroatoms. The number of hydrogen-bond donors (Lipinski definition) is 1. The zero-order chi connectivity index (χ0) is 13.1. The lowest BCUT2D eigenvalue weighted by Gasteiger charge is -2.24. The van der Waals surface area contributed by atoms with E-state index in [-0.39, 0.29) is 0 Å². The van der Waals surface area contributed by atoms with Crippen LogP contribution in [0, 0.1) is 0 Å². The fourth-order valence-electron chi connectivity index (χ4n) is 2.52. The van der Waals surface area contributed by atoms with E-state index in [2.05, 4.69) is 23.8 Å². The molecule has 0 amide bonds.